The van der Waals surface area contributed by atoms with Crippen molar-refractivity contribution in [2.75, 3.05) is 19.6 Å². The molecule has 0 spiro atoms. The SMILES string of the molecule is NCC1CCCN(C(=O)Cc2ccccc2Cl)C1. The van der Waals surface area contributed by atoms with E-state index < -0.39 is 0 Å². The quantitative estimate of drug-likeness (QED) is 0.911. The molecule has 1 amide bonds. The van der Waals surface area contributed by atoms with Gasteiger partial charge in [0.1, 0.15) is 0 Å². The summed E-state index contributed by atoms with van der Waals surface area (Å²) >= 11 is 6.07. The molecule has 1 aliphatic rings. The zero-order valence-corrected chi connectivity index (χ0v) is 11.2. The third-order valence-electron chi connectivity index (χ3n) is 3.50. The summed E-state index contributed by atoms with van der Waals surface area (Å²) < 4.78 is 0. The Kier molecular flexibility index (Phi) is 4.61. The molecule has 0 aliphatic carbocycles. The van der Waals surface area contributed by atoms with E-state index in [1.165, 1.54) is 0 Å². The van der Waals surface area contributed by atoms with E-state index in [4.69, 9.17) is 17.3 Å². The second-order valence-electron chi connectivity index (χ2n) is 4.85. The van der Waals surface area contributed by atoms with Gasteiger partial charge in [-0.2, -0.15) is 0 Å². The van der Waals surface area contributed by atoms with Gasteiger partial charge in [0.15, 0.2) is 0 Å². The van der Waals surface area contributed by atoms with Crippen molar-refractivity contribution in [3.63, 3.8) is 0 Å². The second kappa shape index (κ2) is 6.21. The number of carbonyl (C=O) groups is 1. The molecule has 18 heavy (non-hydrogen) atoms. The van der Waals surface area contributed by atoms with Crippen molar-refractivity contribution in [3.8, 4) is 0 Å². The van der Waals surface area contributed by atoms with Gasteiger partial charge in [-0.15, -0.1) is 0 Å². The minimum atomic E-state index is 0.154. The summed E-state index contributed by atoms with van der Waals surface area (Å²) in [6, 6.07) is 7.52. The Hall–Kier alpha value is -1.06. The Morgan fingerprint density at radius 2 is 2.22 bits per heavy atom. The number of halogens is 1. The van der Waals surface area contributed by atoms with Crippen molar-refractivity contribution in [3.05, 3.63) is 34.9 Å². The molecule has 2 N–H and O–H groups in total. The lowest BCUT2D eigenvalue weighted by Crippen LogP contribution is -2.42. The number of hydrogen-bond donors (Lipinski definition) is 1. The summed E-state index contributed by atoms with van der Waals surface area (Å²) in [5.41, 5.74) is 6.59. The number of rotatable bonds is 3. The molecule has 1 fully saturated rings. The number of benzene rings is 1. The normalized spacial score (nSPS) is 19.9. The average Bonchev–Trinajstić information content (AvgIpc) is 2.41. The smallest absolute Gasteiger partial charge is 0.227 e. The van der Waals surface area contributed by atoms with Crippen LogP contribution in [0, 0.1) is 5.92 Å². The largest absolute Gasteiger partial charge is 0.342 e. The maximum absolute atomic E-state index is 12.2. The molecular formula is C14H19ClN2O. The van der Waals surface area contributed by atoms with E-state index >= 15 is 0 Å². The number of likely N-dealkylation sites (tertiary alicyclic amines) is 1. The third-order valence-corrected chi connectivity index (χ3v) is 3.87. The number of nitrogens with two attached hydrogens (primary N) is 1. The molecule has 4 heteroatoms. The van der Waals surface area contributed by atoms with Crippen LogP contribution in [0.3, 0.4) is 0 Å². The zero-order valence-electron chi connectivity index (χ0n) is 10.4. The molecular weight excluding hydrogens is 248 g/mol. The summed E-state index contributed by atoms with van der Waals surface area (Å²) in [5.74, 6) is 0.607. The monoisotopic (exact) mass is 266 g/mol. The van der Waals surface area contributed by atoms with Crippen LogP contribution in [0.2, 0.25) is 5.02 Å². The highest BCUT2D eigenvalue weighted by atomic mass is 35.5. The number of nitrogens with zero attached hydrogens (tertiary/aromatic N) is 1. The van der Waals surface area contributed by atoms with Crippen LogP contribution in [-0.2, 0) is 11.2 Å². The van der Waals surface area contributed by atoms with Crippen molar-refractivity contribution in [2.45, 2.75) is 19.3 Å². The molecule has 0 aromatic heterocycles. The van der Waals surface area contributed by atoms with Crippen LogP contribution < -0.4 is 5.73 Å². The predicted octanol–water partition coefficient (Wildman–Crippen LogP) is 2.08. The lowest BCUT2D eigenvalue weighted by Gasteiger charge is -2.32. The Balaban J connectivity index is 1.97. The first kappa shape index (κ1) is 13.4. The summed E-state index contributed by atoms with van der Waals surface area (Å²) in [4.78, 5) is 14.1. The number of hydrogen-bond acceptors (Lipinski definition) is 2. The van der Waals surface area contributed by atoms with Gasteiger partial charge in [0, 0.05) is 18.1 Å². The Bertz CT molecular complexity index is 422. The van der Waals surface area contributed by atoms with Gasteiger partial charge in [0.25, 0.3) is 0 Å². The van der Waals surface area contributed by atoms with E-state index in [9.17, 15) is 4.79 Å². The van der Waals surface area contributed by atoms with E-state index in [1.54, 1.807) is 0 Å². The Morgan fingerprint density at radius 3 is 2.94 bits per heavy atom. The van der Waals surface area contributed by atoms with Crippen molar-refractivity contribution < 1.29 is 4.79 Å². The standard InChI is InChI=1S/C14H19ClN2O/c15-13-6-2-1-5-12(13)8-14(18)17-7-3-4-11(9-16)10-17/h1-2,5-6,11H,3-4,7-10,16H2. The van der Waals surface area contributed by atoms with Crippen LogP contribution in [0.1, 0.15) is 18.4 Å². The topological polar surface area (TPSA) is 46.3 Å². The molecule has 1 aromatic rings. The van der Waals surface area contributed by atoms with Gasteiger partial charge in [-0.3, -0.25) is 4.79 Å². The molecule has 1 unspecified atom stereocenters. The van der Waals surface area contributed by atoms with Crippen LogP contribution in [-0.4, -0.2) is 30.4 Å². The molecule has 1 aliphatic heterocycles. The van der Waals surface area contributed by atoms with Crippen molar-refractivity contribution in [1.29, 1.82) is 0 Å². The number of piperidine rings is 1. The fourth-order valence-corrected chi connectivity index (χ4v) is 2.60. The van der Waals surface area contributed by atoms with Crippen molar-refractivity contribution in [2.24, 2.45) is 11.7 Å². The van der Waals surface area contributed by atoms with Crippen molar-refractivity contribution in [1.82, 2.24) is 4.90 Å². The minimum Gasteiger partial charge on any atom is -0.342 e. The van der Waals surface area contributed by atoms with Gasteiger partial charge < -0.3 is 10.6 Å². The fraction of sp³-hybridized carbons (Fsp3) is 0.500. The average molecular weight is 267 g/mol. The third kappa shape index (κ3) is 3.24. The van der Waals surface area contributed by atoms with E-state index in [0.717, 1.165) is 31.5 Å². The second-order valence-corrected chi connectivity index (χ2v) is 5.26. The van der Waals surface area contributed by atoms with E-state index in [2.05, 4.69) is 0 Å². The number of amides is 1. The summed E-state index contributed by atoms with van der Waals surface area (Å²) in [6.07, 6.45) is 2.57. The lowest BCUT2D eigenvalue weighted by molar-refractivity contribution is -0.132. The first-order valence-corrected chi connectivity index (χ1v) is 6.79. The first-order valence-electron chi connectivity index (χ1n) is 6.42. The molecule has 0 saturated carbocycles. The first-order chi connectivity index (χ1) is 8.70. The molecule has 3 nitrogen and oxygen atoms in total. The molecule has 0 radical (unpaired) electrons. The van der Waals surface area contributed by atoms with Gasteiger partial charge >= 0.3 is 0 Å². The lowest BCUT2D eigenvalue weighted by atomic mass is 9.97. The Labute approximate surface area is 113 Å². The summed E-state index contributed by atoms with van der Waals surface area (Å²) in [5, 5.41) is 0.665. The maximum atomic E-state index is 12.2. The number of carbonyl (C=O) groups excluding carboxylic acids is 1. The molecule has 98 valence electrons. The van der Waals surface area contributed by atoms with Crippen LogP contribution in [0.4, 0.5) is 0 Å². The molecule has 1 saturated heterocycles. The molecule has 2 rings (SSSR count). The highest BCUT2D eigenvalue weighted by Crippen LogP contribution is 2.19. The van der Waals surface area contributed by atoms with Crippen LogP contribution in [0.25, 0.3) is 0 Å². The highest BCUT2D eigenvalue weighted by Gasteiger charge is 2.22. The maximum Gasteiger partial charge on any atom is 0.227 e. The van der Waals surface area contributed by atoms with Crippen LogP contribution >= 0.6 is 11.6 Å². The van der Waals surface area contributed by atoms with E-state index in [0.29, 0.717) is 23.9 Å². The van der Waals surface area contributed by atoms with Gasteiger partial charge in [0.05, 0.1) is 6.42 Å². The van der Waals surface area contributed by atoms with Gasteiger partial charge in [-0.25, -0.2) is 0 Å². The summed E-state index contributed by atoms with van der Waals surface area (Å²) in [6.45, 7) is 2.30. The van der Waals surface area contributed by atoms with Crippen molar-refractivity contribution >= 4 is 17.5 Å². The molecule has 1 aromatic carbocycles. The van der Waals surface area contributed by atoms with Gasteiger partial charge in [0.2, 0.25) is 5.91 Å². The molecule has 1 heterocycles. The summed E-state index contributed by atoms with van der Waals surface area (Å²) in [7, 11) is 0. The van der Waals surface area contributed by atoms with Crippen LogP contribution in [0.15, 0.2) is 24.3 Å². The molecule has 1 atom stereocenters. The van der Waals surface area contributed by atoms with E-state index in [1.807, 2.05) is 29.2 Å². The van der Waals surface area contributed by atoms with Gasteiger partial charge in [-0.1, -0.05) is 29.8 Å². The fourth-order valence-electron chi connectivity index (χ4n) is 2.40. The van der Waals surface area contributed by atoms with Gasteiger partial charge in [-0.05, 0) is 36.9 Å². The minimum absolute atomic E-state index is 0.154. The molecule has 0 bridgehead atoms. The predicted molar refractivity (Wildman–Crippen MR) is 73.5 cm³/mol. The zero-order chi connectivity index (χ0) is 13.0. The van der Waals surface area contributed by atoms with Crippen LogP contribution in [0.5, 0.6) is 0 Å². The Morgan fingerprint density at radius 1 is 1.44 bits per heavy atom. The highest BCUT2D eigenvalue weighted by molar-refractivity contribution is 6.31. The van der Waals surface area contributed by atoms with E-state index in [-0.39, 0.29) is 5.91 Å².